The number of rotatable bonds is 5. The van der Waals surface area contributed by atoms with E-state index in [2.05, 4.69) is 35.8 Å². The van der Waals surface area contributed by atoms with E-state index in [-0.39, 0.29) is 0 Å². The fourth-order valence-corrected chi connectivity index (χ4v) is 2.99. The molecule has 3 rings (SSSR count). The molecule has 1 aliphatic heterocycles. The molecule has 0 amide bonds. The summed E-state index contributed by atoms with van der Waals surface area (Å²) in [5, 5.41) is 7.20. The van der Waals surface area contributed by atoms with Gasteiger partial charge in [0.05, 0.1) is 0 Å². The summed E-state index contributed by atoms with van der Waals surface area (Å²) in [5.74, 6) is 1.85. The second-order valence-electron chi connectivity index (χ2n) is 5.93. The van der Waals surface area contributed by atoms with Crippen LogP contribution in [0.25, 0.3) is 0 Å². The largest absolute Gasteiger partial charge is 0.385 e. The van der Waals surface area contributed by atoms with Crippen molar-refractivity contribution in [3.05, 3.63) is 29.3 Å². The highest BCUT2D eigenvalue weighted by molar-refractivity contribution is 5.59. The van der Waals surface area contributed by atoms with Crippen LogP contribution in [0.2, 0.25) is 0 Å². The lowest BCUT2D eigenvalue weighted by molar-refractivity contribution is 0.461. The lowest BCUT2D eigenvalue weighted by Gasteiger charge is -2.22. The molecule has 18 heavy (non-hydrogen) atoms. The molecule has 1 unspecified atom stereocenters. The SMILES string of the molecule is CC(CNCc1cccc2c1NCCC2)C1CC1. The maximum Gasteiger partial charge on any atom is 0.0418 e. The average Bonchev–Trinajstić information content (AvgIpc) is 3.23. The number of para-hydroxylation sites is 1. The van der Waals surface area contributed by atoms with Gasteiger partial charge in [0.15, 0.2) is 0 Å². The van der Waals surface area contributed by atoms with Gasteiger partial charge in [0.1, 0.15) is 0 Å². The molecule has 2 aliphatic rings. The third-order valence-corrected chi connectivity index (χ3v) is 4.37. The quantitative estimate of drug-likeness (QED) is 0.831. The van der Waals surface area contributed by atoms with Gasteiger partial charge in [-0.05, 0) is 55.2 Å². The van der Waals surface area contributed by atoms with Crippen LogP contribution in [0, 0.1) is 11.8 Å². The maximum absolute atomic E-state index is 3.63. The molecular weight excluding hydrogens is 220 g/mol. The van der Waals surface area contributed by atoms with Crippen LogP contribution in [-0.4, -0.2) is 13.1 Å². The van der Waals surface area contributed by atoms with Gasteiger partial charge in [0.25, 0.3) is 0 Å². The number of hydrogen-bond donors (Lipinski definition) is 2. The van der Waals surface area contributed by atoms with E-state index in [0.29, 0.717) is 0 Å². The maximum atomic E-state index is 3.63. The van der Waals surface area contributed by atoms with E-state index in [9.17, 15) is 0 Å². The third-order valence-electron chi connectivity index (χ3n) is 4.37. The van der Waals surface area contributed by atoms with E-state index in [1.165, 1.54) is 42.5 Å². The summed E-state index contributed by atoms with van der Waals surface area (Å²) in [4.78, 5) is 0. The highest BCUT2D eigenvalue weighted by Crippen LogP contribution is 2.36. The molecule has 0 aromatic heterocycles. The number of fused-ring (bicyclic) bond motifs is 1. The first kappa shape index (κ1) is 12.0. The summed E-state index contributed by atoms with van der Waals surface area (Å²) in [6.45, 7) is 5.67. The molecule has 1 atom stereocenters. The average molecular weight is 244 g/mol. The van der Waals surface area contributed by atoms with E-state index in [0.717, 1.165) is 31.5 Å². The van der Waals surface area contributed by atoms with Gasteiger partial charge in [0.2, 0.25) is 0 Å². The molecule has 0 spiro atoms. The van der Waals surface area contributed by atoms with E-state index in [1.54, 1.807) is 0 Å². The van der Waals surface area contributed by atoms with Gasteiger partial charge < -0.3 is 10.6 Å². The first-order valence-electron chi connectivity index (χ1n) is 7.40. The van der Waals surface area contributed by atoms with Crippen molar-refractivity contribution in [1.82, 2.24) is 5.32 Å². The summed E-state index contributed by atoms with van der Waals surface area (Å²) >= 11 is 0. The Bertz CT molecular complexity index is 410. The predicted octanol–water partition coefficient (Wildman–Crippen LogP) is 3.18. The van der Waals surface area contributed by atoms with Gasteiger partial charge in [-0.1, -0.05) is 25.1 Å². The first-order chi connectivity index (χ1) is 8.84. The Kier molecular flexibility index (Phi) is 3.55. The number of benzene rings is 1. The van der Waals surface area contributed by atoms with Crippen molar-refractivity contribution in [2.75, 3.05) is 18.4 Å². The zero-order valence-corrected chi connectivity index (χ0v) is 11.3. The van der Waals surface area contributed by atoms with Crippen molar-refractivity contribution in [3.8, 4) is 0 Å². The van der Waals surface area contributed by atoms with Gasteiger partial charge in [-0.2, -0.15) is 0 Å². The van der Waals surface area contributed by atoms with Crippen LogP contribution in [0.4, 0.5) is 5.69 Å². The summed E-state index contributed by atoms with van der Waals surface area (Å²) in [6.07, 6.45) is 5.40. The van der Waals surface area contributed by atoms with E-state index >= 15 is 0 Å². The Balaban J connectivity index is 1.58. The number of hydrogen-bond acceptors (Lipinski definition) is 2. The van der Waals surface area contributed by atoms with Crippen molar-refractivity contribution in [2.24, 2.45) is 11.8 Å². The van der Waals surface area contributed by atoms with Crippen molar-refractivity contribution in [3.63, 3.8) is 0 Å². The van der Waals surface area contributed by atoms with Crippen LogP contribution in [-0.2, 0) is 13.0 Å². The Morgan fingerprint density at radius 1 is 1.39 bits per heavy atom. The predicted molar refractivity (Wildman–Crippen MR) is 76.8 cm³/mol. The monoisotopic (exact) mass is 244 g/mol. The first-order valence-corrected chi connectivity index (χ1v) is 7.40. The molecule has 1 aromatic carbocycles. The summed E-state index contributed by atoms with van der Waals surface area (Å²) < 4.78 is 0. The molecule has 2 heteroatoms. The Morgan fingerprint density at radius 2 is 2.28 bits per heavy atom. The van der Waals surface area contributed by atoms with Crippen LogP contribution in [0.5, 0.6) is 0 Å². The lowest BCUT2D eigenvalue weighted by atomic mass is 9.99. The summed E-state index contributed by atoms with van der Waals surface area (Å²) in [7, 11) is 0. The van der Waals surface area contributed by atoms with Crippen molar-refractivity contribution < 1.29 is 0 Å². The van der Waals surface area contributed by atoms with E-state index in [4.69, 9.17) is 0 Å². The lowest BCUT2D eigenvalue weighted by Crippen LogP contribution is -2.23. The van der Waals surface area contributed by atoms with Gasteiger partial charge in [0, 0.05) is 18.8 Å². The second kappa shape index (κ2) is 5.31. The van der Waals surface area contributed by atoms with Gasteiger partial charge in [-0.15, -0.1) is 0 Å². The zero-order valence-electron chi connectivity index (χ0n) is 11.3. The van der Waals surface area contributed by atoms with Crippen molar-refractivity contribution in [1.29, 1.82) is 0 Å². The van der Waals surface area contributed by atoms with Crippen LogP contribution < -0.4 is 10.6 Å². The summed E-state index contributed by atoms with van der Waals surface area (Å²) in [6, 6.07) is 6.72. The van der Waals surface area contributed by atoms with Crippen LogP contribution >= 0.6 is 0 Å². The van der Waals surface area contributed by atoms with Gasteiger partial charge >= 0.3 is 0 Å². The summed E-state index contributed by atoms with van der Waals surface area (Å²) in [5.41, 5.74) is 4.33. The topological polar surface area (TPSA) is 24.1 Å². The normalized spacial score (nSPS) is 20.1. The highest BCUT2D eigenvalue weighted by Gasteiger charge is 2.27. The van der Waals surface area contributed by atoms with E-state index in [1.807, 2.05) is 0 Å². The van der Waals surface area contributed by atoms with Crippen molar-refractivity contribution >= 4 is 5.69 Å². The molecule has 0 radical (unpaired) electrons. The molecule has 98 valence electrons. The van der Waals surface area contributed by atoms with Crippen molar-refractivity contribution in [2.45, 2.75) is 39.2 Å². The minimum atomic E-state index is 0.845. The van der Waals surface area contributed by atoms with Crippen LogP contribution in [0.3, 0.4) is 0 Å². The molecule has 1 fully saturated rings. The zero-order chi connectivity index (χ0) is 12.4. The molecule has 1 heterocycles. The van der Waals surface area contributed by atoms with Crippen LogP contribution in [0.15, 0.2) is 18.2 Å². The van der Waals surface area contributed by atoms with E-state index < -0.39 is 0 Å². The molecule has 1 aromatic rings. The molecule has 0 saturated heterocycles. The Morgan fingerprint density at radius 3 is 3.11 bits per heavy atom. The van der Waals surface area contributed by atoms with Gasteiger partial charge in [-0.25, -0.2) is 0 Å². The standard InChI is InChI=1S/C16H24N2/c1-12(13-7-8-13)10-17-11-15-5-2-4-14-6-3-9-18-16(14)15/h2,4-5,12-13,17-18H,3,6-11H2,1H3. The Labute approximate surface area is 110 Å². The minimum absolute atomic E-state index is 0.845. The number of nitrogens with one attached hydrogen (secondary N) is 2. The smallest absolute Gasteiger partial charge is 0.0418 e. The molecule has 0 bridgehead atoms. The fraction of sp³-hybridized carbons (Fsp3) is 0.625. The minimum Gasteiger partial charge on any atom is -0.385 e. The van der Waals surface area contributed by atoms with Crippen LogP contribution in [0.1, 0.15) is 37.3 Å². The molecule has 2 nitrogen and oxygen atoms in total. The molecule has 1 saturated carbocycles. The highest BCUT2D eigenvalue weighted by atomic mass is 14.9. The van der Waals surface area contributed by atoms with Gasteiger partial charge in [-0.3, -0.25) is 0 Å². The molecular formula is C16H24N2. The Hall–Kier alpha value is -1.02. The number of anilines is 1. The molecule has 1 aliphatic carbocycles. The fourth-order valence-electron chi connectivity index (χ4n) is 2.99. The second-order valence-corrected chi connectivity index (χ2v) is 5.93. The number of aryl methyl sites for hydroxylation is 1. The molecule has 2 N–H and O–H groups in total. The third kappa shape index (κ3) is 2.69.